The van der Waals surface area contributed by atoms with Crippen LogP contribution in [-0.2, 0) is 4.79 Å². The summed E-state index contributed by atoms with van der Waals surface area (Å²) in [6, 6.07) is 17.8. The minimum Gasteiger partial charge on any atom is -0.379 e. The zero-order valence-corrected chi connectivity index (χ0v) is 16.6. The van der Waals surface area contributed by atoms with Crippen molar-refractivity contribution in [2.45, 2.75) is 6.42 Å². The number of nitro groups is 1. The van der Waals surface area contributed by atoms with Gasteiger partial charge in [0.2, 0.25) is 5.91 Å². The van der Waals surface area contributed by atoms with Gasteiger partial charge in [0, 0.05) is 30.8 Å². The Kier molecular flexibility index (Phi) is 5.62. The lowest BCUT2D eigenvalue weighted by Crippen LogP contribution is -2.17. The van der Waals surface area contributed by atoms with E-state index in [4.69, 9.17) is 0 Å². The van der Waals surface area contributed by atoms with Crippen LogP contribution in [0.5, 0.6) is 0 Å². The zero-order valence-electron chi connectivity index (χ0n) is 15.7. The lowest BCUT2D eigenvalue weighted by atomic mass is 10.2. The van der Waals surface area contributed by atoms with E-state index in [0.29, 0.717) is 11.5 Å². The molecule has 2 aromatic heterocycles. The fraction of sp³-hybridized carbons (Fsp3) is 0.0952. The number of hydrogen-bond donors (Lipinski definition) is 2. The highest BCUT2D eigenvalue weighted by molar-refractivity contribution is 7.21. The Hall–Kier alpha value is -3.85. The molecular formula is C21H17N5O3S. The van der Waals surface area contributed by atoms with Crippen LogP contribution in [0, 0.1) is 10.1 Å². The van der Waals surface area contributed by atoms with Crippen molar-refractivity contribution in [2.24, 2.45) is 0 Å². The van der Waals surface area contributed by atoms with Crippen molar-refractivity contribution in [3.63, 3.8) is 0 Å². The monoisotopic (exact) mass is 419 g/mol. The van der Waals surface area contributed by atoms with Crippen molar-refractivity contribution in [2.75, 3.05) is 17.2 Å². The second-order valence-electron chi connectivity index (χ2n) is 6.42. The van der Waals surface area contributed by atoms with Gasteiger partial charge in [-0.1, -0.05) is 24.3 Å². The summed E-state index contributed by atoms with van der Waals surface area (Å²) in [5, 5.41) is 17.5. The summed E-state index contributed by atoms with van der Waals surface area (Å²) in [7, 11) is 0. The van der Waals surface area contributed by atoms with Gasteiger partial charge in [0.1, 0.15) is 16.5 Å². The summed E-state index contributed by atoms with van der Waals surface area (Å²) in [6.45, 7) is 0.264. The number of rotatable bonds is 7. The minimum absolute atomic E-state index is 0.0231. The van der Waals surface area contributed by atoms with Crippen LogP contribution < -0.4 is 10.6 Å². The molecule has 0 aliphatic heterocycles. The maximum absolute atomic E-state index is 12.2. The molecule has 9 heteroatoms. The molecule has 0 saturated carbocycles. The highest BCUT2D eigenvalue weighted by atomic mass is 32.1. The molecule has 0 spiro atoms. The molecular weight excluding hydrogens is 402 g/mol. The van der Waals surface area contributed by atoms with Gasteiger partial charge in [-0.15, -0.1) is 11.3 Å². The van der Waals surface area contributed by atoms with Gasteiger partial charge in [-0.3, -0.25) is 14.9 Å². The largest absolute Gasteiger partial charge is 0.379 e. The number of para-hydroxylation sites is 3. The number of nitrogens with zero attached hydrogens (tertiary/aromatic N) is 3. The third kappa shape index (κ3) is 4.41. The first-order chi connectivity index (χ1) is 14.6. The molecule has 8 nitrogen and oxygen atoms in total. The molecule has 2 heterocycles. The molecule has 2 aromatic carbocycles. The number of carbonyl (C=O) groups excluding carboxylic acids is 1. The van der Waals surface area contributed by atoms with Crippen molar-refractivity contribution in [1.29, 1.82) is 0 Å². The Morgan fingerprint density at radius 1 is 1.07 bits per heavy atom. The van der Waals surface area contributed by atoms with E-state index in [1.807, 2.05) is 30.3 Å². The Balaban J connectivity index is 1.33. The zero-order chi connectivity index (χ0) is 20.9. The van der Waals surface area contributed by atoms with E-state index in [2.05, 4.69) is 20.6 Å². The SMILES string of the molecule is O=C(CCNc1ccccc1[N+](=O)[O-])Nc1ccc(-c2nc3ccccc3s2)cn1. The second-order valence-corrected chi connectivity index (χ2v) is 7.45. The second kappa shape index (κ2) is 8.66. The van der Waals surface area contributed by atoms with Crippen LogP contribution in [0.4, 0.5) is 17.2 Å². The Labute approximate surface area is 175 Å². The quantitative estimate of drug-likeness (QED) is 0.332. The van der Waals surface area contributed by atoms with E-state index in [0.717, 1.165) is 20.8 Å². The summed E-state index contributed by atoms with van der Waals surface area (Å²) in [5.74, 6) is 0.205. The lowest BCUT2D eigenvalue weighted by molar-refractivity contribution is -0.384. The summed E-state index contributed by atoms with van der Waals surface area (Å²) >= 11 is 1.59. The van der Waals surface area contributed by atoms with Crippen LogP contribution >= 0.6 is 11.3 Å². The first-order valence-corrected chi connectivity index (χ1v) is 10.0. The van der Waals surface area contributed by atoms with Gasteiger partial charge in [0.25, 0.3) is 5.69 Å². The molecule has 0 radical (unpaired) electrons. The molecule has 4 aromatic rings. The Bertz CT molecular complexity index is 1170. The summed E-state index contributed by atoms with van der Waals surface area (Å²) in [4.78, 5) is 31.6. The number of carbonyl (C=O) groups is 1. The first kappa shape index (κ1) is 19.5. The van der Waals surface area contributed by atoms with Crippen molar-refractivity contribution in [3.8, 4) is 10.6 Å². The van der Waals surface area contributed by atoms with Gasteiger partial charge >= 0.3 is 0 Å². The fourth-order valence-corrected chi connectivity index (χ4v) is 3.84. The van der Waals surface area contributed by atoms with Crippen molar-refractivity contribution >= 4 is 44.7 Å². The lowest BCUT2D eigenvalue weighted by Gasteiger charge is -2.08. The van der Waals surface area contributed by atoms with Gasteiger partial charge in [-0.25, -0.2) is 9.97 Å². The molecule has 1 amide bonds. The number of nitro benzene ring substituents is 1. The summed E-state index contributed by atoms with van der Waals surface area (Å²) < 4.78 is 1.11. The highest BCUT2D eigenvalue weighted by Crippen LogP contribution is 2.29. The van der Waals surface area contributed by atoms with E-state index in [9.17, 15) is 14.9 Å². The van der Waals surface area contributed by atoms with E-state index in [1.165, 1.54) is 6.07 Å². The fourth-order valence-electron chi connectivity index (χ4n) is 2.89. The highest BCUT2D eigenvalue weighted by Gasteiger charge is 2.12. The Morgan fingerprint density at radius 3 is 2.63 bits per heavy atom. The third-order valence-corrected chi connectivity index (χ3v) is 5.43. The van der Waals surface area contributed by atoms with Gasteiger partial charge in [-0.05, 0) is 30.3 Å². The number of amides is 1. The number of hydrogen-bond acceptors (Lipinski definition) is 7. The van der Waals surface area contributed by atoms with Crippen LogP contribution in [0.1, 0.15) is 6.42 Å². The predicted octanol–water partition coefficient (Wildman–Crippen LogP) is 4.71. The van der Waals surface area contributed by atoms with Crippen LogP contribution in [0.2, 0.25) is 0 Å². The van der Waals surface area contributed by atoms with Crippen LogP contribution in [0.25, 0.3) is 20.8 Å². The normalized spacial score (nSPS) is 10.7. The third-order valence-electron chi connectivity index (χ3n) is 4.34. The molecule has 0 saturated heterocycles. The van der Waals surface area contributed by atoms with Crippen molar-refractivity contribution < 1.29 is 9.72 Å². The molecule has 0 aliphatic rings. The molecule has 0 bridgehead atoms. The molecule has 4 rings (SSSR count). The number of anilines is 2. The number of thiazole rings is 1. The number of fused-ring (bicyclic) bond motifs is 1. The molecule has 150 valence electrons. The first-order valence-electron chi connectivity index (χ1n) is 9.19. The minimum atomic E-state index is -0.459. The molecule has 0 aliphatic carbocycles. The van der Waals surface area contributed by atoms with Crippen LogP contribution in [-0.4, -0.2) is 27.3 Å². The van der Waals surface area contributed by atoms with Gasteiger partial charge < -0.3 is 10.6 Å². The molecule has 2 N–H and O–H groups in total. The van der Waals surface area contributed by atoms with E-state index in [1.54, 1.807) is 41.8 Å². The van der Waals surface area contributed by atoms with Gasteiger partial charge in [-0.2, -0.15) is 0 Å². The molecule has 30 heavy (non-hydrogen) atoms. The smallest absolute Gasteiger partial charge is 0.292 e. The van der Waals surface area contributed by atoms with Crippen molar-refractivity contribution in [1.82, 2.24) is 9.97 Å². The maximum atomic E-state index is 12.2. The summed E-state index contributed by atoms with van der Waals surface area (Å²) in [6.07, 6.45) is 1.83. The average Bonchev–Trinajstić information content (AvgIpc) is 3.19. The van der Waals surface area contributed by atoms with Gasteiger partial charge in [0.15, 0.2) is 0 Å². The molecule has 0 atom stereocenters. The predicted molar refractivity (Wildman–Crippen MR) is 118 cm³/mol. The topological polar surface area (TPSA) is 110 Å². The van der Waals surface area contributed by atoms with E-state index >= 15 is 0 Å². The number of nitrogens with one attached hydrogen (secondary N) is 2. The number of benzene rings is 2. The average molecular weight is 419 g/mol. The number of pyridine rings is 1. The maximum Gasteiger partial charge on any atom is 0.292 e. The van der Waals surface area contributed by atoms with E-state index in [-0.39, 0.29) is 24.6 Å². The van der Waals surface area contributed by atoms with E-state index < -0.39 is 4.92 Å². The Morgan fingerprint density at radius 2 is 1.87 bits per heavy atom. The van der Waals surface area contributed by atoms with Crippen molar-refractivity contribution in [3.05, 3.63) is 77.0 Å². The molecule has 0 fully saturated rings. The van der Waals surface area contributed by atoms with Gasteiger partial charge in [0.05, 0.1) is 15.1 Å². The molecule has 0 unspecified atom stereocenters. The standard InChI is InChI=1S/C21H17N5O3S/c27-20(11-12-22-15-5-1-3-7-17(15)26(28)29)25-19-10-9-14(13-23-19)21-24-16-6-2-4-8-18(16)30-21/h1-10,13,22H,11-12H2,(H,23,25,27). The van der Waals surface area contributed by atoms with Crippen LogP contribution in [0.3, 0.4) is 0 Å². The van der Waals surface area contributed by atoms with Crippen LogP contribution in [0.15, 0.2) is 66.9 Å². The number of aromatic nitrogens is 2. The summed E-state index contributed by atoms with van der Waals surface area (Å²) in [5.41, 5.74) is 2.19.